The third kappa shape index (κ3) is 3.25. The van der Waals surface area contributed by atoms with Gasteiger partial charge >= 0.3 is 6.03 Å². The average molecular weight is 313 g/mol. The molecule has 1 aliphatic rings. The maximum atomic E-state index is 12.2. The molecule has 8 heteroatoms. The molecule has 1 aromatic carbocycles. The number of carbonyl (C=O) groups excluding carboxylic acids is 1. The van der Waals surface area contributed by atoms with Crippen molar-refractivity contribution < 1.29 is 9.72 Å². The fourth-order valence-corrected chi connectivity index (χ4v) is 2.52. The number of hydrogen-bond donors (Lipinski definition) is 1. The lowest BCUT2D eigenvalue weighted by Gasteiger charge is -2.16. The van der Waals surface area contributed by atoms with Crippen molar-refractivity contribution in [3.63, 3.8) is 0 Å². The number of carbonyl (C=O) groups is 1. The zero-order chi connectivity index (χ0) is 16.2. The fraction of sp³-hybridized carbons (Fsp3) is 0.267. The monoisotopic (exact) mass is 313 g/mol. The minimum Gasteiger partial charge on any atom is -0.325 e. The van der Waals surface area contributed by atoms with E-state index in [0.717, 1.165) is 12.8 Å². The summed E-state index contributed by atoms with van der Waals surface area (Å²) in [7, 11) is 0. The first kappa shape index (κ1) is 14.9. The number of anilines is 1. The second-order valence-electron chi connectivity index (χ2n) is 5.20. The highest BCUT2D eigenvalue weighted by Gasteiger charge is 2.22. The van der Waals surface area contributed by atoms with Crippen LogP contribution in [0.3, 0.4) is 0 Å². The molecule has 3 rings (SSSR count). The molecule has 1 aromatic heterocycles. The summed E-state index contributed by atoms with van der Waals surface area (Å²) in [6.07, 6.45) is 6.56. The van der Waals surface area contributed by atoms with Gasteiger partial charge in [-0.05, 0) is 25.0 Å². The van der Waals surface area contributed by atoms with E-state index in [9.17, 15) is 14.9 Å². The van der Waals surface area contributed by atoms with Crippen molar-refractivity contribution in [2.75, 3.05) is 18.4 Å². The minimum absolute atomic E-state index is 0.148. The Hall–Kier alpha value is -3.03. The molecule has 0 aliphatic carbocycles. The molecule has 0 bridgehead atoms. The minimum atomic E-state index is -0.514. The number of likely N-dealkylation sites (tertiary alicyclic amines) is 1. The molecule has 0 atom stereocenters. The normalized spacial score (nSPS) is 13.8. The first-order valence-corrected chi connectivity index (χ1v) is 7.26. The predicted molar refractivity (Wildman–Crippen MR) is 83.9 cm³/mol. The van der Waals surface area contributed by atoms with Crippen LogP contribution in [0.4, 0.5) is 16.2 Å². The van der Waals surface area contributed by atoms with Crippen molar-refractivity contribution in [3.05, 3.63) is 46.9 Å². The van der Waals surface area contributed by atoms with Crippen LogP contribution in [-0.2, 0) is 0 Å². The number of nitro groups is 1. The van der Waals surface area contributed by atoms with Gasteiger partial charge in [0.15, 0.2) is 0 Å². The van der Waals surface area contributed by atoms with E-state index in [0.29, 0.717) is 24.3 Å². The molecule has 1 N–H and O–H groups in total. The molecule has 0 unspecified atom stereocenters. The van der Waals surface area contributed by atoms with E-state index in [2.05, 4.69) is 15.3 Å². The highest BCUT2D eigenvalue weighted by molar-refractivity contribution is 5.93. The van der Waals surface area contributed by atoms with Crippen LogP contribution in [0.1, 0.15) is 12.8 Å². The fourth-order valence-electron chi connectivity index (χ4n) is 2.52. The van der Waals surface area contributed by atoms with Crippen LogP contribution in [0.25, 0.3) is 11.3 Å². The molecular formula is C15H15N5O3. The van der Waals surface area contributed by atoms with Gasteiger partial charge in [0.1, 0.15) is 5.69 Å². The molecule has 1 fully saturated rings. The van der Waals surface area contributed by atoms with Gasteiger partial charge in [0.25, 0.3) is 5.69 Å². The maximum absolute atomic E-state index is 12.2. The van der Waals surface area contributed by atoms with Gasteiger partial charge < -0.3 is 10.2 Å². The number of rotatable bonds is 3. The van der Waals surface area contributed by atoms with Crippen molar-refractivity contribution >= 4 is 17.4 Å². The number of nitrogens with one attached hydrogen (secondary N) is 1. The quantitative estimate of drug-likeness (QED) is 0.693. The average Bonchev–Trinajstić information content (AvgIpc) is 3.10. The largest absolute Gasteiger partial charge is 0.325 e. The van der Waals surface area contributed by atoms with Crippen LogP contribution in [-0.4, -0.2) is 38.9 Å². The van der Waals surface area contributed by atoms with Crippen LogP contribution in [0.15, 0.2) is 36.8 Å². The first-order chi connectivity index (χ1) is 11.1. The molecule has 2 aromatic rings. The van der Waals surface area contributed by atoms with E-state index < -0.39 is 4.92 Å². The Morgan fingerprint density at radius 2 is 2.04 bits per heavy atom. The SMILES string of the molecule is O=C(Nc1cc(-c2cnccn2)ccc1[N+](=O)[O-])N1CCCC1. The summed E-state index contributed by atoms with van der Waals surface area (Å²) >= 11 is 0. The molecule has 2 amide bonds. The highest BCUT2D eigenvalue weighted by atomic mass is 16.6. The number of benzene rings is 1. The van der Waals surface area contributed by atoms with E-state index in [1.165, 1.54) is 6.07 Å². The van der Waals surface area contributed by atoms with Crippen molar-refractivity contribution in [1.29, 1.82) is 0 Å². The van der Waals surface area contributed by atoms with Gasteiger partial charge in [-0.25, -0.2) is 4.79 Å². The van der Waals surface area contributed by atoms with E-state index in [-0.39, 0.29) is 17.4 Å². The van der Waals surface area contributed by atoms with Crippen LogP contribution in [0.2, 0.25) is 0 Å². The Balaban J connectivity index is 1.92. The number of aromatic nitrogens is 2. The molecule has 23 heavy (non-hydrogen) atoms. The Kier molecular flexibility index (Phi) is 4.13. The van der Waals surface area contributed by atoms with Crippen LogP contribution >= 0.6 is 0 Å². The lowest BCUT2D eigenvalue weighted by atomic mass is 10.1. The number of nitro benzene ring substituents is 1. The van der Waals surface area contributed by atoms with E-state index in [4.69, 9.17) is 0 Å². The van der Waals surface area contributed by atoms with E-state index >= 15 is 0 Å². The van der Waals surface area contributed by atoms with E-state index in [1.54, 1.807) is 35.6 Å². The summed E-state index contributed by atoms with van der Waals surface area (Å²) < 4.78 is 0. The molecule has 2 heterocycles. The smallest absolute Gasteiger partial charge is 0.322 e. The second-order valence-corrected chi connectivity index (χ2v) is 5.20. The topological polar surface area (TPSA) is 101 Å². The summed E-state index contributed by atoms with van der Waals surface area (Å²) in [5.41, 5.74) is 1.25. The Labute approximate surface area is 132 Å². The van der Waals surface area contributed by atoms with Gasteiger partial charge in [-0.1, -0.05) is 0 Å². The van der Waals surface area contributed by atoms with Crippen molar-refractivity contribution in [3.8, 4) is 11.3 Å². The number of urea groups is 1. The standard InChI is InChI=1S/C15H15N5O3/c21-15(19-7-1-2-8-19)18-12-9-11(3-4-14(12)20(22)23)13-10-16-5-6-17-13/h3-6,9-10H,1-2,7-8H2,(H,18,21). The molecule has 118 valence electrons. The lowest BCUT2D eigenvalue weighted by molar-refractivity contribution is -0.383. The Bertz CT molecular complexity index is 729. The zero-order valence-corrected chi connectivity index (χ0v) is 12.3. The summed E-state index contributed by atoms with van der Waals surface area (Å²) in [5, 5.41) is 13.8. The Morgan fingerprint density at radius 3 is 2.70 bits per heavy atom. The molecule has 0 radical (unpaired) electrons. The van der Waals surface area contributed by atoms with Gasteiger partial charge in [0.05, 0.1) is 16.8 Å². The van der Waals surface area contributed by atoms with Gasteiger partial charge in [0, 0.05) is 37.1 Å². The Morgan fingerprint density at radius 1 is 1.26 bits per heavy atom. The summed E-state index contributed by atoms with van der Waals surface area (Å²) in [4.78, 5) is 32.7. The van der Waals surface area contributed by atoms with Crippen LogP contribution < -0.4 is 5.32 Å². The number of hydrogen-bond acceptors (Lipinski definition) is 5. The lowest BCUT2D eigenvalue weighted by Crippen LogP contribution is -2.32. The highest BCUT2D eigenvalue weighted by Crippen LogP contribution is 2.30. The molecule has 1 aliphatic heterocycles. The van der Waals surface area contributed by atoms with Gasteiger partial charge in [-0.2, -0.15) is 0 Å². The summed E-state index contributed by atoms with van der Waals surface area (Å²) in [6, 6.07) is 4.19. The van der Waals surface area contributed by atoms with Crippen LogP contribution in [0, 0.1) is 10.1 Å². The third-order valence-corrected chi connectivity index (χ3v) is 3.69. The molecule has 0 spiro atoms. The summed E-state index contributed by atoms with van der Waals surface area (Å²) in [5.74, 6) is 0. The van der Waals surface area contributed by atoms with Crippen molar-refractivity contribution in [2.24, 2.45) is 0 Å². The maximum Gasteiger partial charge on any atom is 0.322 e. The third-order valence-electron chi connectivity index (χ3n) is 3.69. The summed E-state index contributed by atoms with van der Waals surface area (Å²) in [6.45, 7) is 1.34. The van der Waals surface area contributed by atoms with E-state index in [1.807, 2.05) is 0 Å². The molecule has 0 saturated carbocycles. The molecule has 8 nitrogen and oxygen atoms in total. The van der Waals surface area contributed by atoms with Gasteiger partial charge in [0.2, 0.25) is 0 Å². The second kappa shape index (κ2) is 6.39. The number of nitrogens with zero attached hydrogens (tertiary/aromatic N) is 4. The van der Waals surface area contributed by atoms with Crippen molar-refractivity contribution in [2.45, 2.75) is 12.8 Å². The van der Waals surface area contributed by atoms with Crippen LogP contribution in [0.5, 0.6) is 0 Å². The first-order valence-electron chi connectivity index (χ1n) is 7.26. The zero-order valence-electron chi connectivity index (χ0n) is 12.3. The molecular weight excluding hydrogens is 298 g/mol. The molecule has 1 saturated heterocycles. The predicted octanol–water partition coefficient (Wildman–Crippen LogP) is 2.68. The van der Waals surface area contributed by atoms with Crippen molar-refractivity contribution in [1.82, 2.24) is 14.9 Å². The van der Waals surface area contributed by atoms with Gasteiger partial charge in [-0.15, -0.1) is 0 Å². The van der Waals surface area contributed by atoms with Gasteiger partial charge in [-0.3, -0.25) is 20.1 Å². The number of amides is 2.